The van der Waals surface area contributed by atoms with Gasteiger partial charge in [-0.15, -0.1) is 11.3 Å². The second-order valence-electron chi connectivity index (χ2n) is 3.80. The molecule has 0 atom stereocenters. The number of nitrogens with one attached hydrogen (secondary N) is 2. The molecule has 0 radical (unpaired) electrons. The summed E-state index contributed by atoms with van der Waals surface area (Å²) in [4.78, 5) is 27.5. The number of carbonyl (C=O) groups is 2. The molecule has 2 N–H and O–H groups in total. The van der Waals surface area contributed by atoms with Crippen LogP contribution < -0.4 is 10.6 Å². The second kappa shape index (κ2) is 6.21. The minimum absolute atomic E-state index is 0.200. The van der Waals surface area contributed by atoms with E-state index < -0.39 is 11.8 Å². The second-order valence-corrected chi connectivity index (χ2v) is 5.47. The summed E-state index contributed by atoms with van der Waals surface area (Å²) in [6.07, 6.45) is 0. The highest BCUT2D eigenvalue weighted by Gasteiger charge is 2.18. The van der Waals surface area contributed by atoms with Crippen molar-refractivity contribution in [1.29, 1.82) is 0 Å². The smallest absolute Gasteiger partial charge is 0.315 e. The lowest BCUT2D eigenvalue weighted by atomic mass is 10.3. The van der Waals surface area contributed by atoms with Crippen molar-refractivity contribution < 1.29 is 9.59 Å². The van der Waals surface area contributed by atoms with Crippen LogP contribution in [0.4, 0.5) is 10.8 Å². The van der Waals surface area contributed by atoms with Crippen molar-refractivity contribution in [2.45, 2.75) is 6.92 Å². The molecule has 0 aliphatic rings. The molecule has 104 valence electrons. The summed E-state index contributed by atoms with van der Waals surface area (Å²) in [5.74, 6) is -1.71. The molecule has 0 aliphatic carbocycles. The molecule has 1 aromatic heterocycles. The highest BCUT2D eigenvalue weighted by molar-refractivity contribution is 7.14. The molecule has 20 heavy (non-hydrogen) atoms. The van der Waals surface area contributed by atoms with Crippen LogP contribution in [0.25, 0.3) is 0 Å². The van der Waals surface area contributed by atoms with Crippen LogP contribution in [0.1, 0.15) is 5.69 Å². The van der Waals surface area contributed by atoms with Crippen molar-refractivity contribution in [3.63, 3.8) is 0 Å². The molecule has 2 aromatic rings. The molecule has 1 aromatic carbocycles. The fourth-order valence-electron chi connectivity index (χ4n) is 1.35. The lowest BCUT2D eigenvalue weighted by Crippen LogP contribution is -2.29. The summed E-state index contributed by atoms with van der Waals surface area (Å²) in [6.45, 7) is 1.79. The third-order valence-corrected chi connectivity index (χ3v) is 3.75. The number of para-hydroxylation sites is 1. The Morgan fingerprint density at radius 2 is 1.75 bits per heavy atom. The van der Waals surface area contributed by atoms with Gasteiger partial charge in [0.1, 0.15) is 0 Å². The summed E-state index contributed by atoms with van der Waals surface area (Å²) in [5.41, 5.74) is 0.964. The first-order valence-corrected chi connectivity index (χ1v) is 7.09. The van der Waals surface area contributed by atoms with Gasteiger partial charge in [-0.25, -0.2) is 4.98 Å². The Kier molecular flexibility index (Phi) is 4.59. The molecular weight excluding hydrogens is 321 g/mol. The van der Waals surface area contributed by atoms with Crippen molar-refractivity contribution in [2.75, 3.05) is 10.6 Å². The zero-order valence-electron chi connectivity index (χ0n) is 10.2. The molecule has 8 heteroatoms. The van der Waals surface area contributed by atoms with E-state index in [4.69, 9.17) is 23.2 Å². The van der Waals surface area contributed by atoms with Crippen LogP contribution in [0.3, 0.4) is 0 Å². The number of hydrogen-bond acceptors (Lipinski definition) is 4. The van der Waals surface area contributed by atoms with E-state index in [1.807, 2.05) is 0 Å². The Morgan fingerprint density at radius 3 is 2.30 bits per heavy atom. The number of hydrogen-bond donors (Lipinski definition) is 2. The molecule has 0 saturated heterocycles. The van der Waals surface area contributed by atoms with Gasteiger partial charge in [-0.3, -0.25) is 14.9 Å². The minimum atomic E-state index is -0.868. The van der Waals surface area contributed by atoms with Crippen molar-refractivity contribution in [2.24, 2.45) is 0 Å². The van der Waals surface area contributed by atoms with Crippen molar-refractivity contribution in [1.82, 2.24) is 4.98 Å². The van der Waals surface area contributed by atoms with Gasteiger partial charge in [0, 0.05) is 5.38 Å². The molecule has 0 aliphatic heterocycles. The van der Waals surface area contributed by atoms with E-state index in [-0.39, 0.29) is 15.7 Å². The number of amides is 2. The number of anilines is 2. The highest BCUT2D eigenvalue weighted by atomic mass is 35.5. The number of halogens is 2. The maximum absolute atomic E-state index is 11.8. The zero-order valence-corrected chi connectivity index (χ0v) is 12.6. The van der Waals surface area contributed by atoms with Gasteiger partial charge in [-0.1, -0.05) is 29.3 Å². The Hall–Kier alpha value is -1.63. The largest absolute Gasteiger partial charge is 0.315 e. The first-order valence-electron chi connectivity index (χ1n) is 5.46. The molecular formula is C12H9Cl2N3O2S. The van der Waals surface area contributed by atoms with E-state index in [0.29, 0.717) is 5.13 Å². The molecule has 0 bridgehead atoms. The molecule has 0 saturated carbocycles. The van der Waals surface area contributed by atoms with Gasteiger partial charge in [-0.2, -0.15) is 0 Å². The molecule has 2 rings (SSSR count). The number of carbonyl (C=O) groups excluding carboxylic acids is 2. The van der Waals surface area contributed by atoms with Gasteiger partial charge in [-0.05, 0) is 19.1 Å². The molecule has 2 amide bonds. The first-order chi connectivity index (χ1) is 9.47. The minimum Gasteiger partial charge on any atom is -0.315 e. The molecule has 0 spiro atoms. The summed E-state index contributed by atoms with van der Waals surface area (Å²) >= 11 is 13.0. The first kappa shape index (κ1) is 14.8. The lowest BCUT2D eigenvalue weighted by molar-refractivity contribution is -0.132. The molecule has 1 heterocycles. The predicted octanol–water partition coefficient (Wildman–Crippen LogP) is 3.34. The van der Waals surface area contributed by atoms with E-state index in [2.05, 4.69) is 15.6 Å². The van der Waals surface area contributed by atoms with Crippen molar-refractivity contribution in [3.05, 3.63) is 39.3 Å². The lowest BCUT2D eigenvalue weighted by Gasteiger charge is -2.08. The zero-order chi connectivity index (χ0) is 14.7. The average Bonchev–Trinajstić information content (AvgIpc) is 2.79. The van der Waals surface area contributed by atoms with E-state index in [0.717, 1.165) is 5.69 Å². The fraction of sp³-hybridized carbons (Fsp3) is 0.0833. The number of nitrogens with zero attached hydrogens (tertiary/aromatic N) is 1. The van der Waals surface area contributed by atoms with Gasteiger partial charge < -0.3 is 5.32 Å². The predicted molar refractivity (Wildman–Crippen MR) is 80.6 cm³/mol. The normalized spacial score (nSPS) is 10.2. The Bertz CT molecular complexity index is 652. The number of thiazole rings is 1. The van der Waals surface area contributed by atoms with Crippen molar-refractivity contribution >= 4 is 57.2 Å². The third-order valence-electron chi connectivity index (χ3n) is 2.25. The maximum atomic E-state index is 11.8. The van der Waals surface area contributed by atoms with Crippen LogP contribution in [0, 0.1) is 6.92 Å². The maximum Gasteiger partial charge on any atom is 0.315 e. The van der Waals surface area contributed by atoms with E-state index >= 15 is 0 Å². The van der Waals surface area contributed by atoms with E-state index in [9.17, 15) is 9.59 Å². The molecule has 5 nitrogen and oxygen atoms in total. The van der Waals surface area contributed by atoms with E-state index in [1.54, 1.807) is 30.5 Å². The van der Waals surface area contributed by atoms with Gasteiger partial charge in [0.2, 0.25) is 0 Å². The average molecular weight is 330 g/mol. The van der Waals surface area contributed by atoms with Gasteiger partial charge in [0.15, 0.2) is 5.13 Å². The number of aromatic nitrogens is 1. The standard InChI is InChI=1S/C12H9Cl2N3O2S/c1-6-5-20-12(15-6)17-11(19)10(18)16-9-7(13)3-2-4-8(9)14/h2-5H,1H3,(H,16,18)(H,15,17,19). The number of rotatable bonds is 2. The molecule has 0 fully saturated rings. The third kappa shape index (κ3) is 3.47. The highest BCUT2D eigenvalue weighted by Crippen LogP contribution is 2.29. The van der Waals surface area contributed by atoms with Crippen LogP contribution in [0.5, 0.6) is 0 Å². The summed E-state index contributed by atoms with van der Waals surface area (Å²) < 4.78 is 0. The van der Waals surface area contributed by atoms with Gasteiger partial charge in [0.05, 0.1) is 21.4 Å². The van der Waals surface area contributed by atoms with Gasteiger partial charge in [0.25, 0.3) is 0 Å². The summed E-state index contributed by atoms with van der Waals surface area (Å²) in [6, 6.07) is 4.76. The Balaban J connectivity index is 2.06. The Morgan fingerprint density at radius 1 is 1.15 bits per heavy atom. The number of benzene rings is 1. The monoisotopic (exact) mass is 329 g/mol. The van der Waals surface area contributed by atoms with Gasteiger partial charge >= 0.3 is 11.8 Å². The van der Waals surface area contributed by atoms with Crippen LogP contribution in [-0.2, 0) is 9.59 Å². The van der Waals surface area contributed by atoms with Crippen LogP contribution in [-0.4, -0.2) is 16.8 Å². The van der Waals surface area contributed by atoms with Crippen LogP contribution >= 0.6 is 34.5 Å². The molecule has 0 unspecified atom stereocenters. The van der Waals surface area contributed by atoms with Crippen LogP contribution in [0.15, 0.2) is 23.6 Å². The summed E-state index contributed by atoms with van der Waals surface area (Å²) in [7, 11) is 0. The topological polar surface area (TPSA) is 71.1 Å². The van der Waals surface area contributed by atoms with Crippen LogP contribution in [0.2, 0.25) is 10.0 Å². The Labute approximate surface area is 128 Å². The number of aryl methyl sites for hydroxylation is 1. The summed E-state index contributed by atoms with van der Waals surface area (Å²) in [5, 5.41) is 7.38. The quantitative estimate of drug-likeness (QED) is 0.830. The fourth-order valence-corrected chi connectivity index (χ4v) is 2.53. The van der Waals surface area contributed by atoms with E-state index in [1.165, 1.54) is 11.3 Å². The SMILES string of the molecule is Cc1csc(NC(=O)C(=O)Nc2c(Cl)cccc2Cl)n1. The van der Waals surface area contributed by atoms with Crippen molar-refractivity contribution in [3.8, 4) is 0 Å².